The number of benzene rings is 1. The average molecular weight is 232 g/mol. The van der Waals surface area contributed by atoms with Crippen molar-refractivity contribution in [3.05, 3.63) is 29.3 Å². The Morgan fingerprint density at radius 2 is 2.24 bits per heavy atom. The van der Waals surface area contributed by atoms with Gasteiger partial charge in [-0.2, -0.15) is 0 Å². The van der Waals surface area contributed by atoms with Crippen molar-refractivity contribution in [3.63, 3.8) is 0 Å². The molecule has 1 unspecified atom stereocenters. The Morgan fingerprint density at radius 1 is 1.47 bits per heavy atom. The summed E-state index contributed by atoms with van der Waals surface area (Å²) in [4.78, 5) is 23.1. The number of carbonyl (C=O) groups excluding carboxylic acids is 2. The van der Waals surface area contributed by atoms with Crippen LogP contribution in [0.25, 0.3) is 0 Å². The molecule has 1 aliphatic rings. The molecule has 3 heteroatoms. The van der Waals surface area contributed by atoms with E-state index in [9.17, 15) is 9.59 Å². The summed E-state index contributed by atoms with van der Waals surface area (Å²) in [5, 5.41) is 0. The first-order valence-electron chi connectivity index (χ1n) is 5.82. The molecule has 0 amide bonds. The first-order valence-corrected chi connectivity index (χ1v) is 5.82. The molecule has 0 aromatic heterocycles. The summed E-state index contributed by atoms with van der Waals surface area (Å²) in [5.41, 5.74) is 1.84. The molecule has 17 heavy (non-hydrogen) atoms. The lowest BCUT2D eigenvalue weighted by atomic mass is 9.98. The molecule has 0 saturated carbocycles. The molecule has 0 fully saturated rings. The van der Waals surface area contributed by atoms with E-state index in [1.807, 2.05) is 12.1 Å². The fraction of sp³-hybridized carbons (Fsp3) is 0.429. The molecule has 0 heterocycles. The van der Waals surface area contributed by atoms with Crippen molar-refractivity contribution < 1.29 is 14.3 Å². The highest BCUT2D eigenvalue weighted by molar-refractivity contribution is 6.02. The van der Waals surface area contributed by atoms with Crippen LogP contribution in [0.2, 0.25) is 0 Å². The number of fused-ring (bicyclic) bond motifs is 1. The van der Waals surface area contributed by atoms with Crippen LogP contribution in [0.15, 0.2) is 18.2 Å². The lowest BCUT2D eigenvalue weighted by molar-refractivity contribution is -0.117. The summed E-state index contributed by atoms with van der Waals surface area (Å²) >= 11 is 0. The molecule has 2 rings (SSSR count). The van der Waals surface area contributed by atoms with Crippen molar-refractivity contribution in [1.82, 2.24) is 0 Å². The third-order valence-corrected chi connectivity index (χ3v) is 3.26. The van der Waals surface area contributed by atoms with Gasteiger partial charge >= 0.3 is 0 Å². The van der Waals surface area contributed by atoms with Crippen molar-refractivity contribution in [2.75, 3.05) is 7.11 Å². The highest BCUT2D eigenvalue weighted by Crippen LogP contribution is 2.32. The lowest BCUT2D eigenvalue weighted by Crippen LogP contribution is -2.10. The van der Waals surface area contributed by atoms with Gasteiger partial charge in [-0.3, -0.25) is 4.79 Å². The van der Waals surface area contributed by atoms with Crippen LogP contribution < -0.4 is 4.74 Å². The Balaban J connectivity index is 2.15. The predicted octanol–water partition coefficient (Wildman–Crippen LogP) is 2.42. The molecule has 3 nitrogen and oxygen atoms in total. The second kappa shape index (κ2) is 4.70. The standard InChI is InChI=1S/C14H16O3/c1-9(15)3-4-11-7-10-5-6-12(17-2)8-13(10)14(11)16/h5-6,8,11H,3-4,7H2,1-2H3. The van der Waals surface area contributed by atoms with Crippen LogP contribution in [0.1, 0.15) is 35.7 Å². The molecule has 1 atom stereocenters. The molecular formula is C14H16O3. The minimum absolute atomic E-state index is 0.0268. The smallest absolute Gasteiger partial charge is 0.166 e. The van der Waals surface area contributed by atoms with Gasteiger partial charge in [0.2, 0.25) is 0 Å². The van der Waals surface area contributed by atoms with E-state index >= 15 is 0 Å². The maximum Gasteiger partial charge on any atom is 0.166 e. The normalized spacial score (nSPS) is 18.0. The van der Waals surface area contributed by atoms with Crippen molar-refractivity contribution >= 4 is 11.6 Å². The molecule has 0 spiro atoms. The van der Waals surface area contributed by atoms with Gasteiger partial charge in [-0.15, -0.1) is 0 Å². The van der Waals surface area contributed by atoms with Crippen LogP contribution in [-0.4, -0.2) is 18.7 Å². The van der Waals surface area contributed by atoms with Gasteiger partial charge in [-0.05, 0) is 37.5 Å². The average Bonchev–Trinajstić information content (AvgIpc) is 2.63. The molecule has 1 aliphatic carbocycles. The molecule has 1 aromatic rings. The zero-order valence-corrected chi connectivity index (χ0v) is 10.2. The number of Topliss-reactive ketones (excluding diaryl/α,β-unsaturated/α-hetero) is 2. The first kappa shape index (κ1) is 11.8. The third kappa shape index (κ3) is 2.38. The van der Waals surface area contributed by atoms with E-state index in [1.54, 1.807) is 20.1 Å². The number of methoxy groups -OCH3 is 1. The number of ketones is 2. The summed E-state index contributed by atoms with van der Waals surface area (Å²) in [6.45, 7) is 1.57. The van der Waals surface area contributed by atoms with E-state index in [4.69, 9.17) is 4.74 Å². The maximum atomic E-state index is 12.1. The van der Waals surface area contributed by atoms with Crippen molar-refractivity contribution in [2.45, 2.75) is 26.2 Å². The second-order valence-electron chi connectivity index (χ2n) is 4.53. The van der Waals surface area contributed by atoms with E-state index in [-0.39, 0.29) is 17.5 Å². The number of rotatable bonds is 4. The Morgan fingerprint density at radius 3 is 2.88 bits per heavy atom. The lowest BCUT2D eigenvalue weighted by Gasteiger charge is -2.04. The molecule has 0 saturated heterocycles. The third-order valence-electron chi connectivity index (χ3n) is 3.26. The fourth-order valence-corrected chi connectivity index (χ4v) is 2.28. The van der Waals surface area contributed by atoms with E-state index in [1.165, 1.54) is 0 Å². The van der Waals surface area contributed by atoms with Gasteiger partial charge in [0.1, 0.15) is 11.5 Å². The van der Waals surface area contributed by atoms with Crippen LogP contribution in [0.4, 0.5) is 0 Å². The zero-order chi connectivity index (χ0) is 12.4. The molecule has 0 bridgehead atoms. The summed E-state index contributed by atoms with van der Waals surface area (Å²) in [6, 6.07) is 5.62. The van der Waals surface area contributed by atoms with Crippen LogP contribution in [-0.2, 0) is 11.2 Å². The maximum absolute atomic E-state index is 12.1. The van der Waals surface area contributed by atoms with Crippen LogP contribution >= 0.6 is 0 Å². The Kier molecular flexibility index (Phi) is 3.27. The number of ether oxygens (including phenoxy) is 1. The van der Waals surface area contributed by atoms with Crippen LogP contribution in [0, 0.1) is 5.92 Å². The van der Waals surface area contributed by atoms with Gasteiger partial charge in [-0.1, -0.05) is 6.07 Å². The van der Waals surface area contributed by atoms with Gasteiger partial charge < -0.3 is 9.53 Å². The van der Waals surface area contributed by atoms with E-state index < -0.39 is 0 Å². The Hall–Kier alpha value is -1.64. The quantitative estimate of drug-likeness (QED) is 0.800. The zero-order valence-electron chi connectivity index (χ0n) is 10.2. The van der Waals surface area contributed by atoms with Crippen molar-refractivity contribution in [3.8, 4) is 5.75 Å². The molecule has 0 N–H and O–H groups in total. The summed E-state index contributed by atoms with van der Waals surface area (Å²) < 4.78 is 5.11. The molecular weight excluding hydrogens is 216 g/mol. The van der Waals surface area contributed by atoms with E-state index in [0.717, 1.165) is 17.5 Å². The summed E-state index contributed by atoms with van der Waals surface area (Å²) in [6.07, 6.45) is 1.90. The van der Waals surface area contributed by atoms with Gasteiger partial charge in [0, 0.05) is 17.9 Å². The SMILES string of the molecule is COc1ccc2c(c1)C(=O)C(CCC(C)=O)C2. The minimum Gasteiger partial charge on any atom is -0.497 e. The van der Waals surface area contributed by atoms with Crippen molar-refractivity contribution in [2.24, 2.45) is 5.92 Å². The first-order chi connectivity index (χ1) is 8.11. The largest absolute Gasteiger partial charge is 0.497 e. The van der Waals surface area contributed by atoms with Gasteiger partial charge in [0.15, 0.2) is 5.78 Å². The van der Waals surface area contributed by atoms with E-state index in [2.05, 4.69) is 0 Å². The summed E-state index contributed by atoms with van der Waals surface area (Å²) in [5.74, 6) is 0.983. The Bertz CT molecular complexity index is 463. The van der Waals surface area contributed by atoms with E-state index in [0.29, 0.717) is 18.6 Å². The van der Waals surface area contributed by atoms with Gasteiger partial charge in [0.05, 0.1) is 7.11 Å². The van der Waals surface area contributed by atoms with Crippen molar-refractivity contribution in [1.29, 1.82) is 0 Å². The highest BCUT2D eigenvalue weighted by atomic mass is 16.5. The molecule has 0 aliphatic heterocycles. The fourth-order valence-electron chi connectivity index (χ4n) is 2.28. The monoisotopic (exact) mass is 232 g/mol. The van der Waals surface area contributed by atoms with Crippen LogP contribution in [0.5, 0.6) is 5.75 Å². The predicted molar refractivity (Wildman–Crippen MR) is 64.4 cm³/mol. The minimum atomic E-state index is -0.0268. The van der Waals surface area contributed by atoms with Gasteiger partial charge in [-0.25, -0.2) is 0 Å². The van der Waals surface area contributed by atoms with Gasteiger partial charge in [0.25, 0.3) is 0 Å². The molecule has 1 aromatic carbocycles. The molecule has 0 radical (unpaired) electrons. The number of hydrogen-bond acceptors (Lipinski definition) is 3. The summed E-state index contributed by atoms with van der Waals surface area (Å²) in [7, 11) is 1.59. The highest BCUT2D eigenvalue weighted by Gasteiger charge is 2.30. The second-order valence-corrected chi connectivity index (χ2v) is 4.53. The number of hydrogen-bond donors (Lipinski definition) is 0. The van der Waals surface area contributed by atoms with Crippen LogP contribution in [0.3, 0.4) is 0 Å². The molecule has 90 valence electrons. The number of carbonyl (C=O) groups is 2. The Labute approximate surface area is 101 Å². The topological polar surface area (TPSA) is 43.4 Å².